The van der Waals surface area contributed by atoms with Crippen LogP contribution in [0.15, 0.2) is 79.4 Å². The fraction of sp³-hybridized carbons (Fsp3) is 0.269. The molecular formula is C26H25N3O2S. The number of nitrogens with zero attached hydrogens (tertiary/aromatic N) is 3. The molecule has 1 aliphatic rings. The van der Waals surface area contributed by atoms with Gasteiger partial charge in [0.2, 0.25) is 4.80 Å². The van der Waals surface area contributed by atoms with Gasteiger partial charge in [-0.3, -0.25) is 0 Å². The number of rotatable bonds is 4. The van der Waals surface area contributed by atoms with Crippen molar-refractivity contribution in [2.45, 2.75) is 45.1 Å². The Morgan fingerprint density at radius 2 is 1.84 bits per heavy atom. The molecular weight excluding hydrogens is 418 g/mol. The molecule has 32 heavy (non-hydrogen) atoms. The van der Waals surface area contributed by atoms with Gasteiger partial charge in [-0.1, -0.05) is 67.3 Å². The summed E-state index contributed by atoms with van der Waals surface area (Å²) in [7, 11) is 0. The van der Waals surface area contributed by atoms with Crippen LogP contribution in [0.1, 0.15) is 49.3 Å². The largest absolute Gasteiger partial charge is 0.422 e. The zero-order valence-corrected chi connectivity index (χ0v) is 18.8. The van der Waals surface area contributed by atoms with Gasteiger partial charge < -0.3 is 8.98 Å². The van der Waals surface area contributed by atoms with E-state index in [9.17, 15) is 4.79 Å². The summed E-state index contributed by atoms with van der Waals surface area (Å²) in [6.45, 7) is 2.06. The normalized spacial score (nSPS) is 15.7. The highest BCUT2D eigenvalue weighted by atomic mass is 32.1. The molecule has 1 saturated carbocycles. The van der Waals surface area contributed by atoms with E-state index in [0.717, 1.165) is 34.3 Å². The van der Waals surface area contributed by atoms with Gasteiger partial charge in [0.15, 0.2) is 0 Å². The second kappa shape index (κ2) is 9.09. The summed E-state index contributed by atoms with van der Waals surface area (Å²) in [5.41, 5.74) is 3.95. The van der Waals surface area contributed by atoms with Crippen molar-refractivity contribution in [3.63, 3.8) is 0 Å². The second-order valence-corrected chi connectivity index (χ2v) is 9.14. The third-order valence-corrected chi connectivity index (χ3v) is 6.86. The molecule has 5 nitrogen and oxygen atoms in total. The molecule has 0 spiro atoms. The fourth-order valence-corrected chi connectivity index (χ4v) is 5.23. The number of hydrogen-bond donors (Lipinski definition) is 0. The van der Waals surface area contributed by atoms with Gasteiger partial charge in [0.05, 0.1) is 17.5 Å². The molecule has 2 heterocycles. The highest BCUT2D eigenvalue weighted by molar-refractivity contribution is 7.07. The van der Waals surface area contributed by atoms with Crippen LogP contribution in [0, 0.1) is 6.92 Å². The van der Waals surface area contributed by atoms with Gasteiger partial charge in [-0.25, -0.2) is 4.79 Å². The molecule has 5 rings (SSSR count). The van der Waals surface area contributed by atoms with Crippen molar-refractivity contribution >= 4 is 28.5 Å². The minimum Gasteiger partial charge on any atom is -0.422 e. The van der Waals surface area contributed by atoms with Crippen molar-refractivity contribution in [3.8, 4) is 11.3 Å². The summed E-state index contributed by atoms with van der Waals surface area (Å²) in [5, 5.41) is 11.8. The van der Waals surface area contributed by atoms with Crippen LogP contribution in [0.5, 0.6) is 0 Å². The SMILES string of the molecule is Cc1ccc(/C=N/N=c2\scc(-c3cc4ccccc4oc3=O)n2C2CCCCC2)cc1. The number of aromatic nitrogens is 1. The van der Waals surface area contributed by atoms with E-state index in [1.807, 2.05) is 47.8 Å². The van der Waals surface area contributed by atoms with Gasteiger partial charge in [-0.2, -0.15) is 5.10 Å². The maximum atomic E-state index is 12.9. The van der Waals surface area contributed by atoms with Crippen molar-refractivity contribution < 1.29 is 4.42 Å². The Balaban J connectivity index is 1.61. The third kappa shape index (κ3) is 4.23. The van der Waals surface area contributed by atoms with Gasteiger partial charge in [0.1, 0.15) is 5.58 Å². The number of aryl methyl sites for hydroxylation is 1. The molecule has 0 bridgehead atoms. The summed E-state index contributed by atoms with van der Waals surface area (Å²) >= 11 is 1.52. The van der Waals surface area contributed by atoms with Gasteiger partial charge in [0.25, 0.3) is 0 Å². The van der Waals surface area contributed by atoms with E-state index in [4.69, 9.17) is 4.42 Å². The number of para-hydroxylation sites is 1. The maximum absolute atomic E-state index is 12.9. The summed E-state index contributed by atoms with van der Waals surface area (Å²) in [6, 6.07) is 18.0. The van der Waals surface area contributed by atoms with E-state index in [1.54, 1.807) is 6.21 Å². The Morgan fingerprint density at radius 1 is 1.06 bits per heavy atom. The molecule has 2 aromatic carbocycles. The van der Waals surface area contributed by atoms with Crippen LogP contribution >= 0.6 is 11.3 Å². The average Bonchev–Trinajstić information content (AvgIpc) is 3.24. The molecule has 0 saturated heterocycles. The first-order valence-electron chi connectivity index (χ1n) is 11.1. The third-order valence-electron chi connectivity index (χ3n) is 6.03. The van der Waals surface area contributed by atoms with Gasteiger partial charge >= 0.3 is 5.63 Å². The van der Waals surface area contributed by atoms with Crippen LogP contribution in [-0.4, -0.2) is 10.8 Å². The van der Waals surface area contributed by atoms with E-state index in [-0.39, 0.29) is 5.63 Å². The molecule has 6 heteroatoms. The van der Waals surface area contributed by atoms with E-state index in [2.05, 4.69) is 33.8 Å². The fourth-order valence-electron chi connectivity index (χ4n) is 4.32. The smallest absolute Gasteiger partial charge is 0.345 e. The number of fused-ring (bicyclic) bond motifs is 1. The van der Waals surface area contributed by atoms with Crippen molar-refractivity contribution in [2.24, 2.45) is 10.2 Å². The quantitative estimate of drug-likeness (QED) is 0.218. The lowest BCUT2D eigenvalue weighted by atomic mass is 9.95. The van der Waals surface area contributed by atoms with Crippen molar-refractivity contribution in [1.82, 2.24) is 4.57 Å². The molecule has 162 valence electrons. The summed E-state index contributed by atoms with van der Waals surface area (Å²) < 4.78 is 7.83. The van der Waals surface area contributed by atoms with E-state index >= 15 is 0 Å². The Morgan fingerprint density at radius 3 is 2.66 bits per heavy atom. The lowest BCUT2D eigenvalue weighted by Crippen LogP contribution is -2.24. The molecule has 0 atom stereocenters. The Hall–Kier alpha value is -3.25. The minimum atomic E-state index is -0.319. The average molecular weight is 444 g/mol. The molecule has 0 aliphatic heterocycles. The molecule has 1 aliphatic carbocycles. The number of thiazole rings is 1. The molecule has 0 N–H and O–H groups in total. The summed E-state index contributed by atoms with van der Waals surface area (Å²) in [4.78, 5) is 13.7. The molecule has 4 aromatic rings. The monoisotopic (exact) mass is 443 g/mol. The lowest BCUT2D eigenvalue weighted by molar-refractivity contribution is 0.350. The maximum Gasteiger partial charge on any atom is 0.345 e. The van der Waals surface area contributed by atoms with Gasteiger partial charge in [-0.15, -0.1) is 16.4 Å². The topological polar surface area (TPSA) is 59.9 Å². The first-order valence-corrected chi connectivity index (χ1v) is 11.9. The zero-order chi connectivity index (χ0) is 21.9. The Kier molecular flexibility index (Phi) is 5.86. The van der Waals surface area contributed by atoms with Crippen LogP contribution in [0.3, 0.4) is 0 Å². The van der Waals surface area contributed by atoms with Crippen LogP contribution in [0.2, 0.25) is 0 Å². The standard InChI is InChI=1S/C26H25N3O2S/c1-18-11-13-19(14-12-18)16-27-28-26-29(21-8-3-2-4-9-21)23(17-32-26)22-15-20-7-5-6-10-24(20)31-25(22)30/h5-7,10-17,21H,2-4,8-9H2,1H3/b27-16+,28-26-. The molecule has 2 aromatic heterocycles. The molecule has 0 amide bonds. The van der Waals surface area contributed by atoms with Crippen LogP contribution < -0.4 is 10.4 Å². The van der Waals surface area contributed by atoms with Crippen molar-refractivity contribution in [3.05, 3.63) is 86.3 Å². The first kappa shape index (κ1) is 20.6. The predicted molar refractivity (Wildman–Crippen MR) is 130 cm³/mol. The number of hydrogen-bond acceptors (Lipinski definition) is 5. The first-order chi connectivity index (χ1) is 15.7. The minimum absolute atomic E-state index is 0.309. The molecule has 0 radical (unpaired) electrons. The number of benzene rings is 2. The zero-order valence-electron chi connectivity index (χ0n) is 18.0. The predicted octanol–water partition coefficient (Wildman–Crippen LogP) is 6.07. The lowest BCUT2D eigenvalue weighted by Gasteiger charge is -2.24. The summed E-state index contributed by atoms with van der Waals surface area (Å²) in [6.07, 6.45) is 7.56. The van der Waals surface area contributed by atoms with Crippen LogP contribution in [-0.2, 0) is 0 Å². The Labute approximate surface area is 190 Å². The highest BCUT2D eigenvalue weighted by Crippen LogP contribution is 2.32. The van der Waals surface area contributed by atoms with Gasteiger partial charge in [0, 0.05) is 16.8 Å². The second-order valence-electron chi connectivity index (χ2n) is 8.31. The Bertz CT molecular complexity index is 1390. The summed E-state index contributed by atoms with van der Waals surface area (Å²) in [5.74, 6) is 0. The van der Waals surface area contributed by atoms with E-state index in [0.29, 0.717) is 17.2 Å². The van der Waals surface area contributed by atoms with Gasteiger partial charge in [-0.05, 0) is 37.5 Å². The molecule has 1 fully saturated rings. The van der Waals surface area contributed by atoms with Crippen molar-refractivity contribution in [1.29, 1.82) is 0 Å². The van der Waals surface area contributed by atoms with E-state index in [1.165, 1.54) is 36.2 Å². The van der Waals surface area contributed by atoms with Crippen LogP contribution in [0.4, 0.5) is 0 Å². The highest BCUT2D eigenvalue weighted by Gasteiger charge is 2.22. The van der Waals surface area contributed by atoms with Crippen LogP contribution in [0.25, 0.3) is 22.2 Å². The van der Waals surface area contributed by atoms with E-state index < -0.39 is 0 Å². The molecule has 0 unspecified atom stereocenters. The van der Waals surface area contributed by atoms with Crippen molar-refractivity contribution in [2.75, 3.05) is 0 Å².